The molecule has 0 bridgehead atoms. The van der Waals surface area contributed by atoms with E-state index in [1.54, 1.807) is 19.0 Å². The van der Waals surface area contributed by atoms with Crippen molar-refractivity contribution >= 4 is 16.8 Å². The molecule has 0 saturated heterocycles. The Kier molecular flexibility index (Phi) is 2.60. The SMILES string of the molecule is CN(C)C(=O)c1ccc2ccc[n+](C)c2c1. The van der Waals surface area contributed by atoms with Crippen molar-refractivity contribution in [2.75, 3.05) is 14.1 Å². The number of aromatic nitrogens is 1. The maximum atomic E-state index is 11.8. The van der Waals surface area contributed by atoms with Gasteiger partial charge in [-0.05, 0) is 18.2 Å². The molecule has 1 amide bonds. The van der Waals surface area contributed by atoms with Crippen molar-refractivity contribution in [3.05, 3.63) is 42.1 Å². The van der Waals surface area contributed by atoms with Gasteiger partial charge in [0.15, 0.2) is 6.20 Å². The highest BCUT2D eigenvalue weighted by molar-refractivity contribution is 5.96. The van der Waals surface area contributed by atoms with Crippen LogP contribution in [0.1, 0.15) is 10.4 Å². The second-order valence-corrected chi connectivity index (χ2v) is 4.09. The van der Waals surface area contributed by atoms with Crippen LogP contribution in [0.25, 0.3) is 10.9 Å². The highest BCUT2D eigenvalue weighted by Gasteiger charge is 2.11. The van der Waals surface area contributed by atoms with E-state index >= 15 is 0 Å². The number of amides is 1. The molecule has 0 atom stereocenters. The number of rotatable bonds is 1. The van der Waals surface area contributed by atoms with Crippen molar-refractivity contribution in [2.24, 2.45) is 7.05 Å². The number of hydrogen-bond acceptors (Lipinski definition) is 1. The number of carbonyl (C=O) groups is 1. The molecule has 0 aliphatic heterocycles. The topological polar surface area (TPSA) is 24.2 Å². The van der Waals surface area contributed by atoms with Crippen LogP contribution in [-0.4, -0.2) is 24.9 Å². The van der Waals surface area contributed by atoms with Gasteiger partial charge in [0.2, 0.25) is 5.52 Å². The molecule has 3 heteroatoms. The molecule has 2 rings (SSSR count). The van der Waals surface area contributed by atoms with Crippen LogP contribution in [0.5, 0.6) is 0 Å². The molecule has 0 unspecified atom stereocenters. The number of nitrogens with zero attached hydrogens (tertiary/aromatic N) is 2. The zero-order valence-electron chi connectivity index (χ0n) is 9.77. The fourth-order valence-corrected chi connectivity index (χ4v) is 1.74. The minimum absolute atomic E-state index is 0.0331. The third-order valence-electron chi connectivity index (χ3n) is 2.65. The summed E-state index contributed by atoms with van der Waals surface area (Å²) in [6.07, 6.45) is 1.98. The molecule has 3 nitrogen and oxygen atoms in total. The summed E-state index contributed by atoms with van der Waals surface area (Å²) < 4.78 is 2.02. The van der Waals surface area contributed by atoms with Crippen molar-refractivity contribution in [2.45, 2.75) is 0 Å². The molecule has 0 spiro atoms. The number of pyridine rings is 1. The van der Waals surface area contributed by atoms with E-state index in [0.717, 1.165) is 16.5 Å². The average Bonchev–Trinajstić information content (AvgIpc) is 2.28. The van der Waals surface area contributed by atoms with Crippen molar-refractivity contribution < 1.29 is 9.36 Å². The molecule has 0 aliphatic rings. The summed E-state index contributed by atoms with van der Waals surface area (Å²) in [5.74, 6) is 0.0331. The lowest BCUT2D eigenvalue weighted by Gasteiger charge is -2.09. The first-order valence-corrected chi connectivity index (χ1v) is 5.19. The summed E-state index contributed by atoms with van der Waals surface area (Å²) in [4.78, 5) is 13.4. The quantitative estimate of drug-likeness (QED) is 0.659. The summed E-state index contributed by atoms with van der Waals surface area (Å²) in [5, 5.41) is 1.14. The maximum absolute atomic E-state index is 11.8. The molecule has 1 aromatic carbocycles. The number of carbonyl (C=O) groups excluding carboxylic acids is 1. The first kappa shape index (κ1) is 10.6. The number of aryl methyl sites for hydroxylation is 1. The van der Waals surface area contributed by atoms with Gasteiger partial charge in [0.25, 0.3) is 5.91 Å². The van der Waals surface area contributed by atoms with Crippen LogP contribution < -0.4 is 4.57 Å². The van der Waals surface area contributed by atoms with E-state index in [4.69, 9.17) is 0 Å². The summed E-state index contributed by atoms with van der Waals surface area (Å²) in [7, 11) is 5.50. The Labute approximate surface area is 94.9 Å². The fraction of sp³-hybridized carbons (Fsp3) is 0.231. The van der Waals surface area contributed by atoms with Crippen LogP contribution in [0.3, 0.4) is 0 Å². The lowest BCUT2D eigenvalue weighted by molar-refractivity contribution is -0.644. The zero-order chi connectivity index (χ0) is 11.7. The first-order chi connectivity index (χ1) is 7.59. The van der Waals surface area contributed by atoms with E-state index in [2.05, 4.69) is 0 Å². The van der Waals surface area contributed by atoms with Gasteiger partial charge in [-0.15, -0.1) is 0 Å². The molecule has 2 aromatic rings. The molecule has 0 aliphatic carbocycles. The van der Waals surface area contributed by atoms with Gasteiger partial charge in [-0.1, -0.05) is 0 Å². The van der Waals surface area contributed by atoms with Crippen LogP contribution in [0.2, 0.25) is 0 Å². The van der Waals surface area contributed by atoms with Crippen LogP contribution in [0.15, 0.2) is 36.5 Å². The molecule has 1 aromatic heterocycles. The lowest BCUT2D eigenvalue weighted by atomic mass is 10.1. The van der Waals surface area contributed by atoms with Gasteiger partial charge in [0.1, 0.15) is 7.05 Å². The minimum atomic E-state index is 0.0331. The standard InChI is InChI=1S/C13H15N2O/c1-14(2)13(16)11-7-6-10-5-4-8-15(3)12(10)9-11/h4-9H,1-3H3/q+1. The Morgan fingerprint density at radius 1 is 1.25 bits per heavy atom. The minimum Gasteiger partial charge on any atom is -0.345 e. The summed E-state index contributed by atoms with van der Waals surface area (Å²) in [5.41, 5.74) is 1.79. The average molecular weight is 215 g/mol. The third-order valence-corrected chi connectivity index (χ3v) is 2.65. The van der Waals surface area contributed by atoms with E-state index in [9.17, 15) is 4.79 Å². The van der Waals surface area contributed by atoms with Gasteiger partial charge >= 0.3 is 0 Å². The summed E-state index contributed by atoms with van der Waals surface area (Å²) in [6.45, 7) is 0. The van der Waals surface area contributed by atoms with E-state index < -0.39 is 0 Å². The van der Waals surface area contributed by atoms with Crippen LogP contribution in [-0.2, 0) is 7.05 Å². The van der Waals surface area contributed by atoms with E-state index in [-0.39, 0.29) is 5.91 Å². The van der Waals surface area contributed by atoms with Crippen LogP contribution in [0, 0.1) is 0 Å². The highest BCUT2D eigenvalue weighted by atomic mass is 16.2. The van der Waals surface area contributed by atoms with E-state index in [0.29, 0.717) is 0 Å². The van der Waals surface area contributed by atoms with Gasteiger partial charge in [0.05, 0.1) is 0 Å². The molecular formula is C13H15N2O+. The summed E-state index contributed by atoms with van der Waals surface area (Å²) >= 11 is 0. The second kappa shape index (κ2) is 3.93. The Balaban J connectivity index is 2.59. The van der Waals surface area contributed by atoms with Gasteiger partial charge in [-0.25, -0.2) is 4.57 Å². The van der Waals surface area contributed by atoms with Gasteiger partial charge < -0.3 is 4.90 Å². The van der Waals surface area contributed by atoms with Crippen molar-refractivity contribution in [1.82, 2.24) is 4.90 Å². The Morgan fingerprint density at radius 2 is 2.00 bits per heavy atom. The lowest BCUT2D eigenvalue weighted by Crippen LogP contribution is -2.28. The Bertz CT molecular complexity index is 547. The van der Waals surface area contributed by atoms with Gasteiger partial charge in [-0.2, -0.15) is 0 Å². The Hall–Kier alpha value is -1.90. The molecule has 82 valence electrons. The number of fused-ring (bicyclic) bond motifs is 1. The molecule has 1 heterocycles. The Morgan fingerprint density at radius 3 is 2.69 bits per heavy atom. The fourth-order valence-electron chi connectivity index (χ4n) is 1.74. The second-order valence-electron chi connectivity index (χ2n) is 4.09. The monoisotopic (exact) mass is 215 g/mol. The zero-order valence-corrected chi connectivity index (χ0v) is 9.77. The maximum Gasteiger partial charge on any atom is 0.253 e. The normalized spacial score (nSPS) is 10.4. The van der Waals surface area contributed by atoms with Crippen molar-refractivity contribution in [3.8, 4) is 0 Å². The third kappa shape index (κ3) is 1.76. The predicted molar refractivity (Wildman–Crippen MR) is 63.1 cm³/mol. The predicted octanol–water partition coefficient (Wildman–Crippen LogP) is 1.37. The molecular weight excluding hydrogens is 200 g/mol. The molecule has 16 heavy (non-hydrogen) atoms. The van der Waals surface area contributed by atoms with Crippen LogP contribution >= 0.6 is 0 Å². The first-order valence-electron chi connectivity index (χ1n) is 5.19. The van der Waals surface area contributed by atoms with E-state index in [1.165, 1.54) is 0 Å². The molecule has 0 fully saturated rings. The van der Waals surface area contributed by atoms with Crippen molar-refractivity contribution in [3.63, 3.8) is 0 Å². The van der Waals surface area contributed by atoms with Crippen LogP contribution in [0.4, 0.5) is 0 Å². The largest absolute Gasteiger partial charge is 0.345 e. The molecule has 0 N–H and O–H groups in total. The highest BCUT2D eigenvalue weighted by Crippen LogP contribution is 2.12. The molecule has 0 radical (unpaired) electrons. The van der Waals surface area contributed by atoms with Crippen molar-refractivity contribution in [1.29, 1.82) is 0 Å². The van der Waals surface area contributed by atoms with Gasteiger partial charge in [-0.3, -0.25) is 4.79 Å². The van der Waals surface area contributed by atoms with E-state index in [1.807, 2.05) is 48.1 Å². The van der Waals surface area contributed by atoms with Gasteiger partial charge in [0, 0.05) is 37.2 Å². The molecule has 0 saturated carbocycles. The number of benzene rings is 1. The number of hydrogen-bond donors (Lipinski definition) is 0. The smallest absolute Gasteiger partial charge is 0.253 e. The summed E-state index contributed by atoms with van der Waals surface area (Å²) in [6, 6.07) is 9.81.